The van der Waals surface area contributed by atoms with Crippen molar-refractivity contribution in [2.24, 2.45) is 0 Å². The van der Waals surface area contributed by atoms with Gasteiger partial charge in [0.25, 0.3) is 0 Å². The fourth-order valence-corrected chi connectivity index (χ4v) is 2.15. The van der Waals surface area contributed by atoms with Gasteiger partial charge in [-0.2, -0.15) is 13.2 Å². The summed E-state index contributed by atoms with van der Waals surface area (Å²) >= 11 is 0. The molecule has 1 aromatic carbocycles. The second kappa shape index (κ2) is 6.10. The zero-order chi connectivity index (χ0) is 15.5. The van der Waals surface area contributed by atoms with Crippen molar-refractivity contribution in [2.45, 2.75) is 17.9 Å². The van der Waals surface area contributed by atoms with Crippen LogP contribution in [0.25, 0.3) is 0 Å². The fraction of sp³-hybridized carbons (Fsp3) is 0.231. The molecule has 0 N–H and O–H groups in total. The van der Waals surface area contributed by atoms with E-state index in [-0.39, 0.29) is 6.54 Å². The van der Waals surface area contributed by atoms with Crippen LogP contribution < -0.4 is 0 Å². The third kappa shape index (κ3) is 3.92. The van der Waals surface area contributed by atoms with Gasteiger partial charge in [0, 0.05) is 11.8 Å². The van der Waals surface area contributed by atoms with Crippen molar-refractivity contribution < 1.29 is 17.4 Å². The van der Waals surface area contributed by atoms with Crippen LogP contribution in [0.5, 0.6) is 0 Å². The van der Waals surface area contributed by atoms with E-state index < -0.39 is 22.5 Å². The molecular formula is C13H10F3N3OS. The highest BCUT2D eigenvalue weighted by atomic mass is 32.2. The van der Waals surface area contributed by atoms with Crippen LogP contribution in [-0.2, 0) is 23.5 Å². The SMILES string of the molecule is CS(=O)c1nncn1CC#Cc1ccc(C(F)(F)F)cc1. The number of halogens is 3. The molecule has 0 spiro atoms. The Bertz CT molecular complexity index is 711. The van der Waals surface area contributed by atoms with Crippen molar-refractivity contribution in [3.05, 3.63) is 41.7 Å². The van der Waals surface area contributed by atoms with Gasteiger partial charge in [-0.15, -0.1) is 10.2 Å². The van der Waals surface area contributed by atoms with E-state index in [1.807, 2.05) is 0 Å². The number of rotatable bonds is 2. The van der Waals surface area contributed by atoms with Crippen LogP contribution in [0.4, 0.5) is 13.2 Å². The number of hydrogen-bond acceptors (Lipinski definition) is 3. The summed E-state index contributed by atoms with van der Waals surface area (Å²) in [4.78, 5) is 0. The molecule has 4 nitrogen and oxygen atoms in total. The van der Waals surface area contributed by atoms with E-state index in [0.717, 1.165) is 12.1 Å². The number of nitrogens with zero attached hydrogens (tertiary/aromatic N) is 3. The minimum atomic E-state index is -4.35. The summed E-state index contributed by atoms with van der Waals surface area (Å²) in [6, 6.07) is 4.58. The van der Waals surface area contributed by atoms with Gasteiger partial charge >= 0.3 is 6.18 Å². The van der Waals surface area contributed by atoms with Gasteiger partial charge in [-0.1, -0.05) is 11.8 Å². The van der Waals surface area contributed by atoms with E-state index in [1.165, 1.54) is 29.3 Å². The third-order valence-corrected chi connectivity index (χ3v) is 3.36. The predicted molar refractivity (Wildman–Crippen MR) is 70.7 cm³/mol. The van der Waals surface area contributed by atoms with Gasteiger partial charge in [-0.05, 0) is 24.3 Å². The average molecular weight is 313 g/mol. The quantitative estimate of drug-likeness (QED) is 0.798. The zero-order valence-electron chi connectivity index (χ0n) is 10.9. The fourth-order valence-electron chi connectivity index (χ4n) is 1.54. The van der Waals surface area contributed by atoms with Crippen molar-refractivity contribution in [2.75, 3.05) is 6.26 Å². The maximum atomic E-state index is 12.4. The Morgan fingerprint density at radius 2 is 1.95 bits per heavy atom. The molecule has 1 atom stereocenters. The molecule has 0 bridgehead atoms. The highest BCUT2D eigenvalue weighted by molar-refractivity contribution is 7.84. The van der Waals surface area contributed by atoms with Crippen LogP contribution in [0.3, 0.4) is 0 Å². The molecule has 2 rings (SSSR count). The van der Waals surface area contributed by atoms with Crippen molar-refractivity contribution in [3.63, 3.8) is 0 Å². The molecule has 0 aliphatic carbocycles. The summed E-state index contributed by atoms with van der Waals surface area (Å²) in [6.45, 7) is 0.211. The molecule has 2 aromatic rings. The highest BCUT2D eigenvalue weighted by Gasteiger charge is 2.29. The van der Waals surface area contributed by atoms with Crippen molar-refractivity contribution >= 4 is 10.8 Å². The van der Waals surface area contributed by atoms with Gasteiger partial charge < -0.3 is 0 Å². The monoisotopic (exact) mass is 313 g/mol. The average Bonchev–Trinajstić information content (AvgIpc) is 2.87. The van der Waals surface area contributed by atoms with E-state index in [4.69, 9.17) is 0 Å². The maximum Gasteiger partial charge on any atom is 0.416 e. The van der Waals surface area contributed by atoms with Gasteiger partial charge in [-0.25, -0.2) is 0 Å². The molecule has 0 aliphatic rings. The maximum absolute atomic E-state index is 12.4. The Kier molecular flexibility index (Phi) is 4.43. The summed E-state index contributed by atoms with van der Waals surface area (Å²) in [5.41, 5.74) is -0.245. The van der Waals surface area contributed by atoms with Crippen molar-refractivity contribution in [1.29, 1.82) is 0 Å². The normalized spacial score (nSPS) is 12.6. The van der Waals surface area contributed by atoms with Gasteiger partial charge in [0.1, 0.15) is 6.33 Å². The molecule has 21 heavy (non-hydrogen) atoms. The van der Waals surface area contributed by atoms with Crippen LogP contribution in [0.1, 0.15) is 11.1 Å². The lowest BCUT2D eigenvalue weighted by atomic mass is 10.1. The summed E-state index contributed by atoms with van der Waals surface area (Å²) < 4.78 is 50.0. The first-order valence-electron chi connectivity index (χ1n) is 5.75. The standard InChI is InChI=1S/C13H10F3N3OS/c1-21(20)12-18-17-9-19(12)8-2-3-10-4-6-11(7-5-10)13(14,15)16/h4-7,9H,8H2,1H3. The number of alkyl halides is 3. The van der Waals surface area contributed by atoms with Crippen LogP contribution in [-0.4, -0.2) is 25.2 Å². The number of hydrogen-bond donors (Lipinski definition) is 0. The zero-order valence-corrected chi connectivity index (χ0v) is 11.7. The molecule has 0 fully saturated rings. The predicted octanol–water partition coefficient (Wildman–Crippen LogP) is 2.09. The minimum Gasteiger partial charge on any atom is -0.295 e. The Balaban J connectivity index is 2.09. The Labute approximate surface area is 121 Å². The Morgan fingerprint density at radius 3 is 2.52 bits per heavy atom. The molecule has 0 saturated carbocycles. The lowest BCUT2D eigenvalue weighted by Gasteiger charge is -2.05. The second-order valence-electron chi connectivity index (χ2n) is 4.07. The second-order valence-corrected chi connectivity index (χ2v) is 5.35. The van der Waals surface area contributed by atoms with Crippen molar-refractivity contribution in [1.82, 2.24) is 14.8 Å². The van der Waals surface area contributed by atoms with Gasteiger partial charge in [-0.3, -0.25) is 8.78 Å². The summed E-state index contributed by atoms with van der Waals surface area (Å²) in [7, 11) is -1.27. The van der Waals surface area contributed by atoms with Crippen LogP contribution in [0.2, 0.25) is 0 Å². The van der Waals surface area contributed by atoms with Gasteiger partial charge in [0.2, 0.25) is 5.16 Å². The largest absolute Gasteiger partial charge is 0.416 e. The lowest BCUT2D eigenvalue weighted by molar-refractivity contribution is -0.137. The summed E-state index contributed by atoms with van der Waals surface area (Å²) in [5, 5.41) is 7.64. The molecule has 1 heterocycles. The smallest absolute Gasteiger partial charge is 0.295 e. The van der Waals surface area contributed by atoms with E-state index in [9.17, 15) is 17.4 Å². The molecule has 1 unspecified atom stereocenters. The summed E-state index contributed by atoms with van der Waals surface area (Å²) in [5.74, 6) is 5.51. The molecule has 8 heteroatoms. The van der Waals surface area contributed by atoms with E-state index in [2.05, 4.69) is 22.0 Å². The molecular weight excluding hydrogens is 303 g/mol. The minimum absolute atomic E-state index is 0.211. The molecule has 0 saturated heterocycles. The van der Waals surface area contributed by atoms with Crippen LogP contribution in [0.15, 0.2) is 35.7 Å². The number of benzene rings is 1. The molecule has 110 valence electrons. The summed E-state index contributed by atoms with van der Waals surface area (Å²) in [6.07, 6.45) is -1.48. The number of aromatic nitrogens is 3. The molecule has 1 aromatic heterocycles. The molecule has 0 amide bonds. The molecule has 0 radical (unpaired) electrons. The van der Waals surface area contributed by atoms with Crippen LogP contribution in [0, 0.1) is 11.8 Å². The van der Waals surface area contributed by atoms with Gasteiger partial charge in [0.05, 0.1) is 22.9 Å². The lowest BCUT2D eigenvalue weighted by Crippen LogP contribution is -2.04. The first kappa shape index (κ1) is 15.3. The van der Waals surface area contributed by atoms with Crippen molar-refractivity contribution in [3.8, 4) is 11.8 Å². The van der Waals surface area contributed by atoms with Gasteiger partial charge in [0.15, 0.2) is 0 Å². The first-order chi connectivity index (χ1) is 9.88. The highest BCUT2D eigenvalue weighted by Crippen LogP contribution is 2.28. The first-order valence-corrected chi connectivity index (χ1v) is 7.31. The third-order valence-electron chi connectivity index (χ3n) is 2.53. The van der Waals surface area contributed by atoms with E-state index in [0.29, 0.717) is 10.7 Å². The molecule has 0 aliphatic heterocycles. The topological polar surface area (TPSA) is 47.8 Å². The van der Waals surface area contributed by atoms with E-state index >= 15 is 0 Å². The Hall–Kier alpha value is -2.14. The van der Waals surface area contributed by atoms with Crippen LogP contribution >= 0.6 is 0 Å². The Morgan fingerprint density at radius 1 is 1.29 bits per heavy atom. The van der Waals surface area contributed by atoms with E-state index in [1.54, 1.807) is 0 Å².